The van der Waals surface area contributed by atoms with Crippen LogP contribution in [0, 0.1) is 23.7 Å². The van der Waals surface area contributed by atoms with E-state index in [1.54, 1.807) is 27.7 Å². The molecule has 0 saturated carbocycles. The molecule has 3 fully saturated rings. The summed E-state index contributed by atoms with van der Waals surface area (Å²) in [5, 5.41) is 102. The molecule has 13 N–H and O–H groups in total. The van der Waals surface area contributed by atoms with Crippen molar-refractivity contribution in [3.63, 3.8) is 0 Å². The van der Waals surface area contributed by atoms with Gasteiger partial charge in [-0.05, 0) is 83.7 Å². The molecular weight excluding hydrogens is 1020 g/mol. The molecule has 3 rings (SSSR count). The van der Waals surface area contributed by atoms with Crippen LogP contribution in [0.1, 0.15) is 144 Å². The number of aliphatic hydroxyl groups is 9. The Balaban J connectivity index is 1.44. The fourth-order valence-corrected chi connectivity index (χ4v) is 9.85. The number of Topliss-reactive ketones (excluding diaryl/α,β-unsaturated/α-hetero) is 2. The lowest BCUT2D eigenvalue weighted by Crippen LogP contribution is -2.64. The number of carbonyl (C=O) groups excluding carboxylic acids is 5. The van der Waals surface area contributed by atoms with Crippen molar-refractivity contribution in [3.05, 3.63) is 0 Å². The number of ketones is 2. The molecule has 24 heteroatoms. The summed E-state index contributed by atoms with van der Waals surface area (Å²) < 4.78 is 34.2. The van der Waals surface area contributed by atoms with Gasteiger partial charge in [0, 0.05) is 76.2 Å². The maximum absolute atomic E-state index is 14.1. The van der Waals surface area contributed by atoms with Gasteiger partial charge in [-0.3, -0.25) is 24.0 Å². The summed E-state index contributed by atoms with van der Waals surface area (Å²) >= 11 is 0. The molecule has 0 aromatic carbocycles. The van der Waals surface area contributed by atoms with Crippen molar-refractivity contribution < 1.29 is 98.4 Å². The molecule has 0 spiro atoms. The second-order valence-corrected chi connectivity index (χ2v) is 21.6. The molecule has 0 aromatic heterocycles. The Morgan fingerprint density at radius 3 is 1.49 bits per heavy atom. The lowest BCUT2D eigenvalue weighted by atomic mass is 9.85. The average Bonchev–Trinajstić information content (AvgIpc) is 3.43. The quantitative estimate of drug-likeness (QED) is 0.0340. The third-order valence-electron chi connectivity index (χ3n) is 14.9. The van der Waals surface area contributed by atoms with Gasteiger partial charge >= 0.3 is 0 Å². The lowest BCUT2D eigenvalue weighted by molar-refractivity contribution is -0.282. The van der Waals surface area contributed by atoms with Gasteiger partial charge in [-0.1, -0.05) is 47.0 Å². The summed E-state index contributed by atoms with van der Waals surface area (Å²) in [6.45, 7) is 9.36. The van der Waals surface area contributed by atoms with Crippen LogP contribution in [-0.4, -0.2) is 220 Å². The molecule has 0 bridgehead atoms. The van der Waals surface area contributed by atoms with E-state index >= 15 is 0 Å². The molecule has 0 aromatic rings. The van der Waals surface area contributed by atoms with Gasteiger partial charge in [0.15, 0.2) is 24.7 Å². The molecule has 454 valence electrons. The van der Waals surface area contributed by atoms with Crippen molar-refractivity contribution in [1.29, 1.82) is 0 Å². The first kappa shape index (κ1) is 69.4. The molecule has 3 saturated heterocycles. The van der Waals surface area contributed by atoms with Crippen LogP contribution in [0.25, 0.3) is 0 Å². The minimum Gasteiger partial charge on any atom is -0.394 e. The zero-order chi connectivity index (χ0) is 57.7. The van der Waals surface area contributed by atoms with Gasteiger partial charge in [0.05, 0.1) is 38.1 Å². The predicted molar refractivity (Wildman–Crippen MR) is 282 cm³/mol. The summed E-state index contributed by atoms with van der Waals surface area (Å²) in [6.07, 6.45) is -4.34. The molecule has 3 aliphatic heterocycles. The highest BCUT2D eigenvalue weighted by molar-refractivity contribution is 5.93. The lowest BCUT2D eigenvalue weighted by Gasteiger charge is -2.42. The Morgan fingerprint density at radius 2 is 0.974 bits per heavy atom. The number of rotatable bonds is 40. The molecule has 3 amide bonds. The standard InChI is InChI=1S/C54H98N4O20/c1-32(2)45(66)36(18-10-13-24-56-42(64)20-8-6-16-26-75-54-44(57-35(5)62)51(72)50(71)41(31-61)78-54)28-38(63)37(58-43(65)21-9-7-15-25-73-52-33(3)46(67)48(69)39(29-59)76-52)19-11-12-22-55-23-14-17-27-74-53-34(4)47(68)49(70)40(30-60)77-53/h32-34,36-37,39-41,44,46-55,59-61,67-72H,6-31H2,1-5H3,(H,56,64)(H,57,62)(H,58,65)/t33?,34?,36?,37?,39?,40?,41?,44?,46-,47-,48+,49+,50+,51-,52-,53-,54-/m1/s1. The Hall–Kier alpha value is -2.89. The zero-order valence-corrected chi connectivity index (χ0v) is 46.8. The maximum atomic E-state index is 14.1. The number of ether oxygens (including phenoxy) is 6. The van der Waals surface area contributed by atoms with E-state index in [0.29, 0.717) is 103 Å². The summed E-state index contributed by atoms with van der Waals surface area (Å²) in [6, 6.07) is -1.83. The molecule has 17 atom stereocenters. The van der Waals surface area contributed by atoms with Crippen LogP contribution in [0.4, 0.5) is 0 Å². The van der Waals surface area contributed by atoms with Crippen LogP contribution in [0.5, 0.6) is 0 Å². The summed E-state index contributed by atoms with van der Waals surface area (Å²) in [5.41, 5.74) is 0. The molecule has 24 nitrogen and oxygen atoms in total. The van der Waals surface area contributed by atoms with Crippen LogP contribution in [0.3, 0.4) is 0 Å². The number of aliphatic hydroxyl groups excluding tert-OH is 9. The van der Waals surface area contributed by atoms with Crippen LogP contribution < -0.4 is 21.3 Å². The van der Waals surface area contributed by atoms with Crippen LogP contribution in [-0.2, 0) is 52.4 Å². The predicted octanol–water partition coefficient (Wildman–Crippen LogP) is -0.637. The molecule has 78 heavy (non-hydrogen) atoms. The largest absolute Gasteiger partial charge is 0.394 e. The van der Waals surface area contributed by atoms with E-state index in [-0.39, 0.29) is 61.8 Å². The number of hydrogen-bond acceptors (Lipinski definition) is 21. The van der Waals surface area contributed by atoms with Gasteiger partial charge in [-0.25, -0.2) is 0 Å². The molecule has 0 aliphatic carbocycles. The Kier molecular flexibility index (Phi) is 33.8. The van der Waals surface area contributed by atoms with Crippen molar-refractivity contribution >= 4 is 29.3 Å². The summed E-state index contributed by atoms with van der Waals surface area (Å²) in [5.74, 6) is -3.00. The molecule has 8 unspecified atom stereocenters. The second-order valence-electron chi connectivity index (χ2n) is 21.6. The topological polar surface area (TPSA) is 371 Å². The third kappa shape index (κ3) is 23.9. The van der Waals surface area contributed by atoms with E-state index in [9.17, 15) is 69.9 Å². The van der Waals surface area contributed by atoms with Crippen LogP contribution in [0.2, 0.25) is 0 Å². The first-order chi connectivity index (χ1) is 37.2. The smallest absolute Gasteiger partial charge is 0.220 e. The summed E-state index contributed by atoms with van der Waals surface area (Å²) in [7, 11) is 0. The zero-order valence-electron chi connectivity index (χ0n) is 46.8. The molecule has 3 aliphatic rings. The van der Waals surface area contributed by atoms with Gasteiger partial charge in [0.1, 0.15) is 54.6 Å². The minimum atomic E-state index is -1.41. The van der Waals surface area contributed by atoms with Crippen LogP contribution in [0.15, 0.2) is 0 Å². The Labute approximate surface area is 460 Å². The Bertz CT molecular complexity index is 1720. The van der Waals surface area contributed by atoms with E-state index in [1.165, 1.54) is 6.92 Å². The minimum absolute atomic E-state index is 0.0313. The van der Waals surface area contributed by atoms with Crippen molar-refractivity contribution in [1.82, 2.24) is 21.3 Å². The average molecular weight is 1120 g/mol. The van der Waals surface area contributed by atoms with E-state index in [2.05, 4.69) is 21.3 Å². The summed E-state index contributed by atoms with van der Waals surface area (Å²) in [4.78, 5) is 65.2. The number of hydrogen-bond donors (Lipinski definition) is 13. The first-order valence-electron chi connectivity index (χ1n) is 28.6. The van der Waals surface area contributed by atoms with Gasteiger partial charge in [-0.2, -0.15) is 0 Å². The van der Waals surface area contributed by atoms with E-state index in [4.69, 9.17) is 28.4 Å². The molecule has 0 radical (unpaired) electrons. The number of amides is 3. The molecular formula is C54H98N4O20. The third-order valence-corrected chi connectivity index (χ3v) is 14.9. The normalized spacial score (nSPS) is 30.2. The van der Waals surface area contributed by atoms with Crippen LogP contribution >= 0.6 is 0 Å². The van der Waals surface area contributed by atoms with Gasteiger partial charge in [0.2, 0.25) is 17.7 Å². The number of carbonyl (C=O) groups is 5. The number of unbranched alkanes of at least 4 members (excludes halogenated alkanes) is 7. The fraction of sp³-hybridized carbons (Fsp3) is 0.907. The van der Waals surface area contributed by atoms with E-state index in [1.807, 2.05) is 0 Å². The van der Waals surface area contributed by atoms with Crippen molar-refractivity contribution in [2.45, 2.75) is 230 Å². The van der Waals surface area contributed by atoms with Crippen molar-refractivity contribution in [2.75, 3.05) is 59.3 Å². The SMILES string of the molecule is CC(=O)NC1[C@H](OCCCCCC(=O)NCCCCC(CC(=O)C(CCCCNCCCCO[C@@H]2OC(CO)[C@H](O)[C@H](O)C2C)NC(=O)CCCCCO[C@@H]2OC(CO)[C@H](O)[C@H](O)C2C)C(=O)C(C)C)OC(CO)[C@H](O)[C@@H]1O. The highest BCUT2D eigenvalue weighted by Gasteiger charge is 2.46. The fourth-order valence-electron chi connectivity index (χ4n) is 9.85. The molecule has 3 heterocycles. The van der Waals surface area contributed by atoms with Crippen molar-refractivity contribution in [3.8, 4) is 0 Å². The maximum Gasteiger partial charge on any atom is 0.220 e. The van der Waals surface area contributed by atoms with Gasteiger partial charge < -0.3 is 95.6 Å². The second kappa shape index (κ2) is 38.0. The first-order valence-corrected chi connectivity index (χ1v) is 28.6. The van der Waals surface area contributed by atoms with Gasteiger partial charge in [-0.15, -0.1) is 0 Å². The van der Waals surface area contributed by atoms with E-state index in [0.717, 1.165) is 12.8 Å². The monoisotopic (exact) mass is 1120 g/mol. The highest BCUT2D eigenvalue weighted by Crippen LogP contribution is 2.29. The van der Waals surface area contributed by atoms with Crippen molar-refractivity contribution in [2.24, 2.45) is 23.7 Å². The van der Waals surface area contributed by atoms with E-state index < -0.39 is 129 Å². The van der Waals surface area contributed by atoms with Gasteiger partial charge in [0.25, 0.3) is 0 Å². The number of nitrogens with one attached hydrogen (secondary N) is 4. The Morgan fingerprint density at radius 1 is 0.526 bits per heavy atom. The highest BCUT2D eigenvalue weighted by atomic mass is 16.7.